The third kappa shape index (κ3) is 3.11. The van der Waals surface area contributed by atoms with Crippen LogP contribution in [0.15, 0.2) is 30.5 Å². The molecule has 0 bridgehead atoms. The van der Waals surface area contributed by atoms with Crippen LogP contribution in [0.1, 0.15) is 6.92 Å². The van der Waals surface area contributed by atoms with Crippen molar-refractivity contribution >= 4 is 45.1 Å². The van der Waals surface area contributed by atoms with Crippen LogP contribution in [0.25, 0.3) is 20.8 Å². The van der Waals surface area contributed by atoms with Crippen molar-refractivity contribution in [2.75, 3.05) is 11.9 Å². The number of anilines is 1. The third-order valence-electron chi connectivity index (χ3n) is 2.98. The molecule has 5 nitrogen and oxygen atoms in total. The lowest BCUT2D eigenvalue weighted by atomic mass is 10.2. The Hall–Kier alpha value is -2.25. The molecule has 2 aromatic heterocycles. The van der Waals surface area contributed by atoms with E-state index >= 15 is 0 Å². The van der Waals surface area contributed by atoms with Crippen LogP contribution in [0.5, 0.6) is 0 Å². The molecule has 3 rings (SSSR count). The number of ether oxygens (including phenoxy) is 1. The number of amides is 1. The van der Waals surface area contributed by atoms with E-state index in [9.17, 15) is 9.18 Å². The maximum Gasteiger partial charge on any atom is 0.412 e. The molecule has 0 aliphatic heterocycles. The number of nitrogens with one attached hydrogen (secondary N) is 1. The summed E-state index contributed by atoms with van der Waals surface area (Å²) in [7, 11) is 0. The van der Waals surface area contributed by atoms with E-state index < -0.39 is 11.9 Å². The Balaban J connectivity index is 2.07. The fourth-order valence-electron chi connectivity index (χ4n) is 2.02. The number of nitrogens with zero attached hydrogens (tertiary/aromatic N) is 2. The van der Waals surface area contributed by atoms with E-state index in [0.717, 1.165) is 0 Å². The van der Waals surface area contributed by atoms with Gasteiger partial charge in [-0.25, -0.2) is 19.2 Å². The van der Waals surface area contributed by atoms with Gasteiger partial charge in [0.05, 0.1) is 27.4 Å². The summed E-state index contributed by atoms with van der Waals surface area (Å²) < 4.78 is 19.5. The SMILES string of the molecule is CCOC(=O)Nc1nccc2nc(-c3c(F)cccc3Cl)sc12. The van der Waals surface area contributed by atoms with Crippen molar-refractivity contribution in [2.24, 2.45) is 0 Å². The van der Waals surface area contributed by atoms with Gasteiger partial charge in [0.1, 0.15) is 10.8 Å². The van der Waals surface area contributed by atoms with Crippen molar-refractivity contribution < 1.29 is 13.9 Å². The molecule has 118 valence electrons. The molecule has 0 atom stereocenters. The molecule has 3 aromatic rings. The van der Waals surface area contributed by atoms with Crippen molar-refractivity contribution in [3.63, 3.8) is 0 Å². The largest absolute Gasteiger partial charge is 0.450 e. The Bertz CT molecular complexity index is 864. The summed E-state index contributed by atoms with van der Waals surface area (Å²) in [4.78, 5) is 20.1. The molecule has 0 fully saturated rings. The number of rotatable bonds is 3. The minimum Gasteiger partial charge on any atom is -0.450 e. The van der Waals surface area contributed by atoms with Crippen LogP contribution < -0.4 is 5.32 Å². The lowest BCUT2D eigenvalue weighted by molar-refractivity contribution is 0.168. The maximum atomic E-state index is 14.1. The fraction of sp³-hybridized carbons (Fsp3) is 0.133. The number of hydrogen-bond donors (Lipinski definition) is 1. The van der Waals surface area contributed by atoms with E-state index in [1.54, 1.807) is 19.1 Å². The second-order valence-electron chi connectivity index (χ2n) is 4.47. The first-order valence-electron chi connectivity index (χ1n) is 6.74. The van der Waals surface area contributed by atoms with Crippen molar-refractivity contribution in [1.29, 1.82) is 0 Å². The molecule has 0 saturated carbocycles. The average Bonchev–Trinajstić information content (AvgIpc) is 2.92. The highest BCUT2D eigenvalue weighted by Gasteiger charge is 2.17. The topological polar surface area (TPSA) is 64.1 Å². The second-order valence-corrected chi connectivity index (χ2v) is 5.88. The molecule has 0 radical (unpaired) electrons. The normalized spacial score (nSPS) is 10.7. The lowest BCUT2D eigenvalue weighted by Gasteiger charge is -2.04. The molecular weight excluding hydrogens is 341 g/mol. The Kier molecular flexibility index (Phi) is 4.40. The number of pyridine rings is 1. The molecule has 0 spiro atoms. The van der Waals surface area contributed by atoms with Crippen molar-refractivity contribution in [1.82, 2.24) is 9.97 Å². The molecule has 0 aliphatic rings. The smallest absolute Gasteiger partial charge is 0.412 e. The molecule has 8 heteroatoms. The highest BCUT2D eigenvalue weighted by Crippen LogP contribution is 2.37. The highest BCUT2D eigenvalue weighted by atomic mass is 35.5. The first kappa shape index (κ1) is 15.6. The Labute approximate surface area is 140 Å². The molecule has 0 aliphatic carbocycles. The number of hydrogen-bond acceptors (Lipinski definition) is 5. The number of halogens is 2. The quantitative estimate of drug-likeness (QED) is 0.741. The summed E-state index contributed by atoms with van der Waals surface area (Å²) in [5.41, 5.74) is 0.823. The molecule has 1 amide bonds. The van der Waals surface area contributed by atoms with Gasteiger partial charge in [-0.2, -0.15) is 0 Å². The first-order valence-corrected chi connectivity index (χ1v) is 7.93. The minimum atomic E-state index is -0.605. The first-order chi connectivity index (χ1) is 11.1. The number of fused-ring (bicyclic) bond motifs is 1. The van der Waals surface area contributed by atoms with Gasteiger partial charge in [-0.15, -0.1) is 11.3 Å². The van der Waals surface area contributed by atoms with E-state index in [1.807, 2.05) is 0 Å². The summed E-state index contributed by atoms with van der Waals surface area (Å²) >= 11 is 7.28. The molecule has 1 aromatic carbocycles. The van der Waals surface area contributed by atoms with E-state index in [-0.39, 0.29) is 17.2 Å². The number of benzene rings is 1. The lowest BCUT2D eigenvalue weighted by Crippen LogP contribution is -2.14. The summed E-state index contributed by atoms with van der Waals surface area (Å²) in [6, 6.07) is 6.13. The number of thiazole rings is 1. The summed E-state index contributed by atoms with van der Waals surface area (Å²) in [5.74, 6) is -0.137. The molecule has 2 heterocycles. The van der Waals surface area contributed by atoms with Crippen LogP contribution >= 0.6 is 22.9 Å². The van der Waals surface area contributed by atoms with Crippen molar-refractivity contribution in [2.45, 2.75) is 6.92 Å². The number of aromatic nitrogens is 2. The van der Waals surface area contributed by atoms with Crippen LogP contribution in [-0.2, 0) is 4.74 Å². The Morgan fingerprint density at radius 3 is 3.00 bits per heavy atom. The van der Waals surface area contributed by atoms with Gasteiger partial charge in [0.15, 0.2) is 5.82 Å². The molecular formula is C15H11ClFN3O2S. The zero-order valence-electron chi connectivity index (χ0n) is 12.0. The van der Waals surface area contributed by atoms with E-state index in [0.29, 0.717) is 21.0 Å². The molecule has 0 unspecified atom stereocenters. The predicted molar refractivity (Wildman–Crippen MR) is 88.5 cm³/mol. The maximum absolute atomic E-state index is 14.1. The molecule has 1 N–H and O–H groups in total. The minimum absolute atomic E-state index is 0.234. The van der Waals surface area contributed by atoms with Gasteiger partial charge < -0.3 is 4.74 Å². The summed E-state index contributed by atoms with van der Waals surface area (Å²) in [5, 5.41) is 3.25. The van der Waals surface area contributed by atoms with E-state index in [1.165, 1.54) is 29.7 Å². The highest BCUT2D eigenvalue weighted by molar-refractivity contribution is 7.22. The van der Waals surface area contributed by atoms with Gasteiger partial charge in [-0.3, -0.25) is 5.32 Å². The zero-order chi connectivity index (χ0) is 16.4. The van der Waals surface area contributed by atoms with Crippen LogP contribution in [-0.4, -0.2) is 22.7 Å². The van der Waals surface area contributed by atoms with Crippen LogP contribution in [0, 0.1) is 5.82 Å². The standard InChI is InChI=1S/C15H11ClFN3O2S/c1-2-22-15(21)20-13-12-10(6-7-18-13)19-14(23-12)11-8(16)4-3-5-9(11)17/h3-7H,2H2,1H3,(H,18,20,21). The van der Waals surface area contributed by atoms with Gasteiger partial charge >= 0.3 is 6.09 Å². The number of carbonyl (C=O) groups excluding carboxylic acids is 1. The van der Waals surface area contributed by atoms with Gasteiger partial charge in [0.25, 0.3) is 0 Å². The van der Waals surface area contributed by atoms with Gasteiger partial charge in [-0.1, -0.05) is 17.7 Å². The second kappa shape index (κ2) is 6.47. The summed E-state index contributed by atoms with van der Waals surface area (Å²) in [6.45, 7) is 1.96. The average molecular weight is 352 g/mol. The van der Waals surface area contributed by atoms with E-state index in [2.05, 4.69) is 15.3 Å². The Morgan fingerprint density at radius 1 is 1.43 bits per heavy atom. The van der Waals surface area contributed by atoms with E-state index in [4.69, 9.17) is 16.3 Å². The molecule has 0 saturated heterocycles. The Morgan fingerprint density at radius 2 is 2.26 bits per heavy atom. The van der Waals surface area contributed by atoms with Crippen molar-refractivity contribution in [3.05, 3.63) is 41.3 Å². The fourth-order valence-corrected chi connectivity index (χ4v) is 3.39. The van der Waals surface area contributed by atoms with Crippen LogP contribution in [0.2, 0.25) is 5.02 Å². The summed E-state index contributed by atoms with van der Waals surface area (Å²) in [6.07, 6.45) is 0.905. The van der Waals surface area contributed by atoms with Gasteiger partial charge in [-0.05, 0) is 25.1 Å². The predicted octanol–water partition coefficient (Wildman–Crippen LogP) is 4.72. The van der Waals surface area contributed by atoms with Crippen LogP contribution in [0.4, 0.5) is 15.0 Å². The molecule has 23 heavy (non-hydrogen) atoms. The third-order valence-corrected chi connectivity index (χ3v) is 4.39. The zero-order valence-corrected chi connectivity index (χ0v) is 13.5. The van der Waals surface area contributed by atoms with Crippen LogP contribution in [0.3, 0.4) is 0 Å². The monoisotopic (exact) mass is 351 g/mol. The van der Waals surface area contributed by atoms with Crippen molar-refractivity contribution in [3.8, 4) is 10.6 Å². The van der Waals surface area contributed by atoms with Gasteiger partial charge in [0.2, 0.25) is 0 Å². The number of carbonyl (C=O) groups is 1. The van der Waals surface area contributed by atoms with Gasteiger partial charge in [0, 0.05) is 6.20 Å².